The molecule has 106 valence electrons. The van der Waals surface area contributed by atoms with Crippen molar-refractivity contribution in [3.63, 3.8) is 0 Å². The van der Waals surface area contributed by atoms with E-state index in [2.05, 4.69) is 5.32 Å². The first-order valence-electron chi connectivity index (χ1n) is 6.30. The number of aliphatic hydroxyl groups is 1. The summed E-state index contributed by atoms with van der Waals surface area (Å²) in [5, 5.41) is 12.2. The van der Waals surface area contributed by atoms with Crippen molar-refractivity contribution < 1.29 is 19.4 Å². The van der Waals surface area contributed by atoms with Crippen molar-refractivity contribution in [3.8, 4) is 5.75 Å². The summed E-state index contributed by atoms with van der Waals surface area (Å²) in [5.74, 6) is 0.406. The lowest BCUT2D eigenvalue weighted by Crippen LogP contribution is -2.30. The van der Waals surface area contributed by atoms with E-state index in [1.807, 2.05) is 6.07 Å². The highest BCUT2D eigenvalue weighted by Gasteiger charge is 2.05. The molecule has 1 amide bonds. The first-order valence-corrected chi connectivity index (χ1v) is 6.30. The third-order valence-electron chi connectivity index (χ3n) is 2.56. The van der Waals surface area contributed by atoms with Gasteiger partial charge in [0.1, 0.15) is 5.75 Å². The molecule has 0 aliphatic heterocycles. The van der Waals surface area contributed by atoms with Gasteiger partial charge < -0.3 is 19.9 Å². The molecule has 0 saturated carbocycles. The maximum atomic E-state index is 11.5. The molecule has 1 aromatic carbocycles. The monoisotopic (exact) mass is 267 g/mol. The number of carbonyl (C=O) groups excluding carboxylic acids is 1. The number of hydrogen-bond acceptors (Lipinski definition) is 4. The van der Waals surface area contributed by atoms with E-state index in [0.29, 0.717) is 18.9 Å². The standard InChI is InChI=1S/C14H21NO4/c1-11(16)12-5-3-6-13(9-12)19-10-14(17)15-7-4-8-18-2/h3,5-6,9,11,16H,4,7-8,10H2,1-2H3,(H,15,17)/t11-/m1/s1. The van der Waals surface area contributed by atoms with Crippen LogP contribution in [0.1, 0.15) is 25.0 Å². The van der Waals surface area contributed by atoms with Gasteiger partial charge >= 0.3 is 0 Å². The Morgan fingerprint density at radius 2 is 2.26 bits per heavy atom. The predicted octanol–water partition coefficient (Wildman–Crippen LogP) is 1.27. The van der Waals surface area contributed by atoms with Gasteiger partial charge in [0.2, 0.25) is 0 Å². The number of methoxy groups -OCH3 is 1. The minimum absolute atomic E-state index is 0.0315. The molecule has 5 heteroatoms. The lowest BCUT2D eigenvalue weighted by atomic mass is 10.1. The molecule has 0 aliphatic carbocycles. The highest BCUT2D eigenvalue weighted by Crippen LogP contribution is 2.18. The van der Waals surface area contributed by atoms with Gasteiger partial charge in [-0.2, -0.15) is 0 Å². The Morgan fingerprint density at radius 1 is 1.47 bits per heavy atom. The number of aliphatic hydroxyl groups excluding tert-OH is 1. The minimum atomic E-state index is -0.550. The highest BCUT2D eigenvalue weighted by atomic mass is 16.5. The van der Waals surface area contributed by atoms with Gasteiger partial charge in [-0.25, -0.2) is 0 Å². The fourth-order valence-electron chi connectivity index (χ4n) is 1.51. The molecule has 19 heavy (non-hydrogen) atoms. The second-order valence-electron chi connectivity index (χ2n) is 4.23. The Morgan fingerprint density at radius 3 is 2.95 bits per heavy atom. The van der Waals surface area contributed by atoms with E-state index < -0.39 is 6.10 Å². The van der Waals surface area contributed by atoms with Gasteiger partial charge in [-0.05, 0) is 31.0 Å². The molecule has 2 N–H and O–H groups in total. The summed E-state index contributed by atoms with van der Waals surface area (Å²) in [7, 11) is 1.63. The van der Waals surface area contributed by atoms with Crippen molar-refractivity contribution in [1.82, 2.24) is 5.32 Å². The molecule has 0 aliphatic rings. The van der Waals surface area contributed by atoms with Crippen LogP contribution in [0.3, 0.4) is 0 Å². The van der Waals surface area contributed by atoms with Crippen molar-refractivity contribution in [3.05, 3.63) is 29.8 Å². The summed E-state index contributed by atoms with van der Waals surface area (Å²) in [5.41, 5.74) is 0.762. The van der Waals surface area contributed by atoms with E-state index in [1.54, 1.807) is 32.2 Å². The molecule has 0 heterocycles. The molecule has 1 rings (SSSR count). The maximum Gasteiger partial charge on any atom is 0.257 e. The van der Waals surface area contributed by atoms with Gasteiger partial charge in [-0.15, -0.1) is 0 Å². The third-order valence-corrected chi connectivity index (χ3v) is 2.56. The summed E-state index contributed by atoms with van der Waals surface area (Å²) >= 11 is 0. The molecular weight excluding hydrogens is 246 g/mol. The lowest BCUT2D eigenvalue weighted by Gasteiger charge is -2.09. The van der Waals surface area contributed by atoms with Crippen molar-refractivity contribution in [2.75, 3.05) is 26.9 Å². The van der Waals surface area contributed by atoms with Gasteiger partial charge in [-0.1, -0.05) is 12.1 Å². The van der Waals surface area contributed by atoms with Crippen molar-refractivity contribution in [2.24, 2.45) is 0 Å². The van der Waals surface area contributed by atoms with Crippen LogP contribution in [0.25, 0.3) is 0 Å². The quantitative estimate of drug-likeness (QED) is 0.696. The van der Waals surface area contributed by atoms with Crippen molar-refractivity contribution >= 4 is 5.91 Å². The molecule has 0 bridgehead atoms. The van der Waals surface area contributed by atoms with E-state index in [-0.39, 0.29) is 12.5 Å². The van der Waals surface area contributed by atoms with Crippen LogP contribution in [0.4, 0.5) is 0 Å². The Kier molecular flexibility index (Phi) is 6.92. The van der Waals surface area contributed by atoms with E-state index >= 15 is 0 Å². The van der Waals surface area contributed by atoms with Crippen LogP contribution in [0.15, 0.2) is 24.3 Å². The number of amides is 1. The fourth-order valence-corrected chi connectivity index (χ4v) is 1.51. The molecule has 1 atom stereocenters. The first kappa shape index (κ1) is 15.5. The Hall–Kier alpha value is -1.59. The maximum absolute atomic E-state index is 11.5. The summed E-state index contributed by atoms with van der Waals surface area (Å²) in [6.45, 7) is 2.85. The second-order valence-corrected chi connectivity index (χ2v) is 4.23. The van der Waals surface area contributed by atoms with Crippen LogP contribution >= 0.6 is 0 Å². The van der Waals surface area contributed by atoms with Crippen LogP contribution in [-0.2, 0) is 9.53 Å². The van der Waals surface area contributed by atoms with Gasteiger partial charge in [0.25, 0.3) is 5.91 Å². The number of carbonyl (C=O) groups is 1. The minimum Gasteiger partial charge on any atom is -0.484 e. The number of hydrogen-bond donors (Lipinski definition) is 2. The zero-order valence-electron chi connectivity index (χ0n) is 11.4. The average molecular weight is 267 g/mol. The number of rotatable bonds is 8. The van der Waals surface area contributed by atoms with E-state index in [0.717, 1.165) is 12.0 Å². The Bertz CT molecular complexity index is 393. The second kappa shape index (κ2) is 8.50. The lowest BCUT2D eigenvalue weighted by molar-refractivity contribution is -0.123. The smallest absolute Gasteiger partial charge is 0.257 e. The Labute approximate surface area is 113 Å². The SMILES string of the molecule is COCCCNC(=O)COc1cccc([C@@H](C)O)c1. The van der Waals surface area contributed by atoms with Gasteiger partial charge in [-0.3, -0.25) is 4.79 Å². The molecule has 0 saturated heterocycles. The normalized spacial score (nSPS) is 11.9. The average Bonchev–Trinajstić information content (AvgIpc) is 2.41. The van der Waals surface area contributed by atoms with Gasteiger partial charge in [0.15, 0.2) is 6.61 Å². The summed E-state index contributed by atoms with van der Waals surface area (Å²) < 4.78 is 10.2. The van der Waals surface area contributed by atoms with E-state index in [1.165, 1.54) is 0 Å². The molecule has 0 fully saturated rings. The summed E-state index contributed by atoms with van der Waals surface area (Å²) in [6, 6.07) is 7.07. The number of nitrogens with one attached hydrogen (secondary N) is 1. The van der Waals surface area contributed by atoms with Crippen LogP contribution in [-0.4, -0.2) is 37.9 Å². The zero-order valence-corrected chi connectivity index (χ0v) is 11.4. The van der Waals surface area contributed by atoms with Crippen molar-refractivity contribution in [2.45, 2.75) is 19.4 Å². The topological polar surface area (TPSA) is 67.8 Å². The van der Waals surface area contributed by atoms with Crippen molar-refractivity contribution in [1.29, 1.82) is 0 Å². The number of ether oxygens (including phenoxy) is 2. The summed E-state index contributed by atoms with van der Waals surface area (Å²) in [6.07, 6.45) is 0.228. The molecule has 1 aromatic rings. The van der Waals surface area contributed by atoms with E-state index in [9.17, 15) is 9.90 Å². The highest BCUT2D eigenvalue weighted by molar-refractivity contribution is 5.77. The molecule has 0 radical (unpaired) electrons. The fraction of sp³-hybridized carbons (Fsp3) is 0.500. The molecule has 0 spiro atoms. The largest absolute Gasteiger partial charge is 0.484 e. The first-order chi connectivity index (χ1) is 9.13. The van der Waals surface area contributed by atoms with E-state index in [4.69, 9.17) is 9.47 Å². The van der Waals surface area contributed by atoms with Crippen LogP contribution in [0.2, 0.25) is 0 Å². The molecular formula is C14H21NO4. The van der Waals surface area contributed by atoms with Crippen LogP contribution in [0.5, 0.6) is 5.75 Å². The number of benzene rings is 1. The summed E-state index contributed by atoms with van der Waals surface area (Å²) in [4.78, 5) is 11.5. The Balaban J connectivity index is 2.31. The molecule has 5 nitrogen and oxygen atoms in total. The zero-order chi connectivity index (χ0) is 14.1. The molecule has 0 aromatic heterocycles. The van der Waals surface area contributed by atoms with Crippen LogP contribution < -0.4 is 10.1 Å². The predicted molar refractivity (Wildman–Crippen MR) is 72.1 cm³/mol. The third kappa shape index (κ3) is 6.22. The molecule has 0 unspecified atom stereocenters. The van der Waals surface area contributed by atoms with Crippen LogP contribution in [0, 0.1) is 0 Å². The van der Waals surface area contributed by atoms with Gasteiger partial charge in [0.05, 0.1) is 6.10 Å². The van der Waals surface area contributed by atoms with Gasteiger partial charge in [0, 0.05) is 20.3 Å².